The van der Waals surface area contributed by atoms with Crippen molar-refractivity contribution in [2.45, 2.75) is 46.2 Å². The molecule has 0 radical (unpaired) electrons. The van der Waals surface area contributed by atoms with Crippen LogP contribution >= 0.6 is 0 Å². The number of aromatic nitrogens is 2. The number of hydrogen-bond acceptors (Lipinski definition) is 3. The molecule has 2 heterocycles. The standard InChI is InChI=1S/C17H31N5O/c1-14-9-15(2)11-22(10-14)12-16(3)20-17(23)19-5-4-7-21-8-6-18-13-21/h6,8,13-16H,4-5,7,9-12H2,1-3H3,(H2,19,20,23). The zero-order valence-electron chi connectivity index (χ0n) is 14.7. The number of rotatable bonds is 7. The van der Waals surface area contributed by atoms with Gasteiger partial charge in [-0.3, -0.25) is 0 Å². The largest absolute Gasteiger partial charge is 0.338 e. The van der Waals surface area contributed by atoms with Gasteiger partial charge in [-0.05, 0) is 31.6 Å². The first-order valence-electron chi connectivity index (χ1n) is 8.75. The monoisotopic (exact) mass is 321 g/mol. The number of carbonyl (C=O) groups excluding carboxylic acids is 1. The molecule has 2 amide bonds. The number of piperidine rings is 1. The van der Waals surface area contributed by atoms with Crippen LogP contribution in [0, 0.1) is 11.8 Å². The Morgan fingerprint density at radius 1 is 1.35 bits per heavy atom. The van der Waals surface area contributed by atoms with Gasteiger partial charge in [-0.1, -0.05) is 13.8 Å². The SMILES string of the molecule is CC1CC(C)CN(CC(C)NC(=O)NCCCn2ccnc2)C1. The molecule has 6 nitrogen and oxygen atoms in total. The van der Waals surface area contributed by atoms with E-state index in [1.807, 2.05) is 10.8 Å². The summed E-state index contributed by atoms with van der Waals surface area (Å²) < 4.78 is 2.01. The van der Waals surface area contributed by atoms with Crippen molar-refractivity contribution < 1.29 is 4.79 Å². The minimum atomic E-state index is -0.0683. The first-order chi connectivity index (χ1) is 11.0. The first kappa shape index (κ1) is 17.8. The number of carbonyl (C=O) groups is 1. The lowest BCUT2D eigenvalue weighted by Crippen LogP contribution is -2.49. The lowest BCUT2D eigenvalue weighted by molar-refractivity contribution is 0.131. The summed E-state index contributed by atoms with van der Waals surface area (Å²) >= 11 is 0. The van der Waals surface area contributed by atoms with Gasteiger partial charge in [0.05, 0.1) is 6.33 Å². The third kappa shape index (κ3) is 6.60. The highest BCUT2D eigenvalue weighted by atomic mass is 16.2. The molecule has 1 aromatic rings. The van der Waals surface area contributed by atoms with Crippen molar-refractivity contribution in [3.05, 3.63) is 18.7 Å². The second kappa shape index (κ2) is 8.91. The van der Waals surface area contributed by atoms with E-state index in [2.05, 4.69) is 41.3 Å². The van der Waals surface area contributed by atoms with E-state index in [1.54, 1.807) is 12.5 Å². The molecule has 2 rings (SSSR count). The predicted molar refractivity (Wildman–Crippen MR) is 92.2 cm³/mol. The average Bonchev–Trinajstić information content (AvgIpc) is 2.95. The van der Waals surface area contributed by atoms with Crippen LogP contribution < -0.4 is 10.6 Å². The smallest absolute Gasteiger partial charge is 0.315 e. The minimum absolute atomic E-state index is 0.0683. The van der Waals surface area contributed by atoms with E-state index < -0.39 is 0 Å². The van der Waals surface area contributed by atoms with Gasteiger partial charge in [-0.2, -0.15) is 0 Å². The number of aryl methyl sites for hydroxylation is 1. The molecule has 23 heavy (non-hydrogen) atoms. The maximum absolute atomic E-state index is 11.9. The summed E-state index contributed by atoms with van der Waals surface area (Å²) in [5, 5.41) is 5.97. The number of hydrogen-bond donors (Lipinski definition) is 2. The number of urea groups is 1. The molecule has 130 valence electrons. The Balaban J connectivity index is 1.58. The molecule has 1 aliphatic rings. The zero-order chi connectivity index (χ0) is 16.7. The Labute approximate surface area is 139 Å². The number of amides is 2. The van der Waals surface area contributed by atoms with E-state index in [4.69, 9.17) is 0 Å². The zero-order valence-corrected chi connectivity index (χ0v) is 14.7. The molecule has 0 saturated carbocycles. The van der Waals surface area contributed by atoms with Crippen molar-refractivity contribution in [1.82, 2.24) is 25.1 Å². The summed E-state index contributed by atoms with van der Waals surface area (Å²) in [6.45, 7) is 11.5. The van der Waals surface area contributed by atoms with Crippen LogP contribution in [0.15, 0.2) is 18.7 Å². The Morgan fingerprint density at radius 2 is 2.09 bits per heavy atom. The van der Waals surface area contributed by atoms with E-state index >= 15 is 0 Å². The fourth-order valence-electron chi connectivity index (χ4n) is 3.53. The second-order valence-corrected chi connectivity index (χ2v) is 7.12. The van der Waals surface area contributed by atoms with Crippen LogP contribution in [-0.4, -0.2) is 52.7 Å². The predicted octanol–water partition coefficient (Wildman–Crippen LogP) is 1.94. The number of nitrogens with one attached hydrogen (secondary N) is 2. The molecule has 1 fully saturated rings. The van der Waals surface area contributed by atoms with E-state index in [-0.39, 0.29) is 12.1 Å². The number of nitrogens with zero attached hydrogens (tertiary/aromatic N) is 3. The molecule has 1 saturated heterocycles. The van der Waals surface area contributed by atoms with E-state index in [0.717, 1.165) is 44.4 Å². The van der Waals surface area contributed by atoms with Gasteiger partial charge >= 0.3 is 6.03 Å². The van der Waals surface area contributed by atoms with Gasteiger partial charge in [0, 0.05) is 51.2 Å². The summed E-state index contributed by atoms with van der Waals surface area (Å²) in [5.41, 5.74) is 0. The summed E-state index contributed by atoms with van der Waals surface area (Å²) in [4.78, 5) is 18.4. The van der Waals surface area contributed by atoms with Gasteiger partial charge in [0.1, 0.15) is 0 Å². The van der Waals surface area contributed by atoms with E-state index in [0.29, 0.717) is 6.54 Å². The van der Waals surface area contributed by atoms with Gasteiger partial charge in [-0.15, -0.1) is 0 Å². The van der Waals surface area contributed by atoms with Crippen molar-refractivity contribution in [1.29, 1.82) is 0 Å². The molecule has 0 spiro atoms. The molecule has 0 aliphatic carbocycles. The van der Waals surface area contributed by atoms with Crippen LogP contribution in [0.2, 0.25) is 0 Å². The maximum Gasteiger partial charge on any atom is 0.315 e. The van der Waals surface area contributed by atoms with Gasteiger partial charge < -0.3 is 20.1 Å². The number of likely N-dealkylation sites (tertiary alicyclic amines) is 1. The number of imidazole rings is 1. The normalized spacial score (nSPS) is 23.4. The van der Waals surface area contributed by atoms with Gasteiger partial charge in [0.2, 0.25) is 0 Å². The molecule has 3 unspecified atom stereocenters. The van der Waals surface area contributed by atoms with Crippen molar-refractivity contribution in [2.24, 2.45) is 11.8 Å². The summed E-state index contributed by atoms with van der Waals surface area (Å²) in [7, 11) is 0. The topological polar surface area (TPSA) is 62.2 Å². The minimum Gasteiger partial charge on any atom is -0.338 e. The molecule has 2 N–H and O–H groups in total. The van der Waals surface area contributed by atoms with Crippen molar-refractivity contribution in [3.8, 4) is 0 Å². The van der Waals surface area contributed by atoms with Crippen molar-refractivity contribution >= 4 is 6.03 Å². The lowest BCUT2D eigenvalue weighted by atomic mass is 9.92. The van der Waals surface area contributed by atoms with Crippen LogP contribution in [0.4, 0.5) is 4.79 Å². The molecule has 6 heteroatoms. The molecule has 0 aromatic carbocycles. The van der Waals surface area contributed by atoms with Crippen LogP contribution in [-0.2, 0) is 6.54 Å². The molecule has 1 aromatic heterocycles. The summed E-state index contributed by atoms with van der Waals surface area (Å²) in [5.74, 6) is 1.51. The molecular weight excluding hydrogens is 290 g/mol. The van der Waals surface area contributed by atoms with Crippen LogP contribution in [0.5, 0.6) is 0 Å². The maximum atomic E-state index is 11.9. The van der Waals surface area contributed by atoms with Gasteiger partial charge in [0.15, 0.2) is 0 Å². The quantitative estimate of drug-likeness (QED) is 0.755. The van der Waals surface area contributed by atoms with E-state index in [1.165, 1.54) is 6.42 Å². The van der Waals surface area contributed by atoms with Gasteiger partial charge in [0.25, 0.3) is 0 Å². The van der Waals surface area contributed by atoms with Crippen molar-refractivity contribution in [3.63, 3.8) is 0 Å². The Kier molecular flexibility index (Phi) is 6.89. The highest BCUT2D eigenvalue weighted by Gasteiger charge is 2.23. The molecule has 3 atom stereocenters. The van der Waals surface area contributed by atoms with Crippen LogP contribution in [0.1, 0.15) is 33.6 Å². The van der Waals surface area contributed by atoms with Gasteiger partial charge in [-0.25, -0.2) is 9.78 Å². The Morgan fingerprint density at radius 3 is 2.74 bits per heavy atom. The fraction of sp³-hybridized carbons (Fsp3) is 0.765. The van der Waals surface area contributed by atoms with Crippen LogP contribution in [0.25, 0.3) is 0 Å². The lowest BCUT2D eigenvalue weighted by Gasteiger charge is -2.36. The average molecular weight is 321 g/mol. The van der Waals surface area contributed by atoms with Crippen LogP contribution in [0.3, 0.4) is 0 Å². The Hall–Kier alpha value is -1.56. The summed E-state index contributed by atoms with van der Waals surface area (Å²) in [6, 6.07) is 0.0994. The highest BCUT2D eigenvalue weighted by Crippen LogP contribution is 2.20. The summed E-state index contributed by atoms with van der Waals surface area (Å²) in [6.07, 6.45) is 7.71. The third-order valence-electron chi connectivity index (χ3n) is 4.29. The van der Waals surface area contributed by atoms with E-state index in [9.17, 15) is 4.79 Å². The molecule has 1 aliphatic heterocycles. The fourth-order valence-corrected chi connectivity index (χ4v) is 3.53. The second-order valence-electron chi connectivity index (χ2n) is 7.12. The third-order valence-corrected chi connectivity index (χ3v) is 4.29. The first-order valence-corrected chi connectivity index (χ1v) is 8.75. The Bertz CT molecular complexity index is 452. The highest BCUT2D eigenvalue weighted by molar-refractivity contribution is 5.74. The van der Waals surface area contributed by atoms with Crippen molar-refractivity contribution in [2.75, 3.05) is 26.2 Å². The molecule has 0 bridgehead atoms. The molecular formula is C17H31N5O.